The molecule has 0 radical (unpaired) electrons. The standard InChI is InChI=1S/C26H38F3N5O3/c1-4-21(35)32-23(25(37)34-13-11-33(3)12-14-34)16(2)18-5-6-20(19(27)15-18)31-24(36)22(30)17-7-9-26(28,29)10-8-17/h5-6,15-17,22-23H,4,7-14,30H2,1-3H3,(H,31,36)(H,32,35). The van der Waals surface area contributed by atoms with Gasteiger partial charge in [-0.3, -0.25) is 14.4 Å². The number of benzene rings is 1. The molecule has 3 unspecified atom stereocenters. The summed E-state index contributed by atoms with van der Waals surface area (Å²) in [5.74, 6) is -5.51. The predicted molar refractivity (Wildman–Crippen MR) is 135 cm³/mol. The number of carbonyl (C=O) groups is 3. The molecule has 1 aliphatic heterocycles. The fourth-order valence-electron chi connectivity index (χ4n) is 4.86. The first kappa shape index (κ1) is 28.9. The lowest BCUT2D eigenvalue weighted by atomic mass is 9.82. The predicted octanol–water partition coefficient (Wildman–Crippen LogP) is 2.69. The molecule has 37 heavy (non-hydrogen) atoms. The molecule has 1 saturated carbocycles. The van der Waals surface area contributed by atoms with Gasteiger partial charge in [-0.05, 0) is 43.5 Å². The van der Waals surface area contributed by atoms with E-state index in [1.807, 2.05) is 7.05 Å². The second-order valence-electron chi connectivity index (χ2n) is 10.3. The first-order chi connectivity index (χ1) is 17.4. The summed E-state index contributed by atoms with van der Waals surface area (Å²) in [5, 5.41) is 5.26. The highest BCUT2D eigenvalue weighted by Crippen LogP contribution is 2.37. The molecule has 0 spiro atoms. The van der Waals surface area contributed by atoms with Crippen LogP contribution in [0.5, 0.6) is 0 Å². The number of likely N-dealkylation sites (N-methyl/N-ethyl adjacent to an activating group) is 1. The topological polar surface area (TPSA) is 108 Å². The van der Waals surface area contributed by atoms with Crippen molar-refractivity contribution in [1.82, 2.24) is 15.1 Å². The van der Waals surface area contributed by atoms with Gasteiger partial charge in [0, 0.05) is 51.4 Å². The van der Waals surface area contributed by atoms with Crippen molar-refractivity contribution in [3.05, 3.63) is 29.6 Å². The van der Waals surface area contributed by atoms with Gasteiger partial charge in [-0.15, -0.1) is 0 Å². The van der Waals surface area contributed by atoms with Crippen molar-refractivity contribution in [2.75, 3.05) is 38.5 Å². The van der Waals surface area contributed by atoms with Gasteiger partial charge < -0.3 is 26.2 Å². The Kier molecular flexibility index (Phi) is 9.57. The second kappa shape index (κ2) is 12.3. The summed E-state index contributed by atoms with van der Waals surface area (Å²) in [4.78, 5) is 42.0. The fraction of sp³-hybridized carbons (Fsp3) is 0.654. The maximum atomic E-state index is 15.0. The molecule has 1 aromatic rings. The molecule has 2 fully saturated rings. The van der Waals surface area contributed by atoms with Crippen LogP contribution >= 0.6 is 0 Å². The molecule has 1 aromatic carbocycles. The minimum Gasteiger partial charge on any atom is -0.344 e. The van der Waals surface area contributed by atoms with Crippen molar-refractivity contribution in [1.29, 1.82) is 0 Å². The van der Waals surface area contributed by atoms with Gasteiger partial charge >= 0.3 is 0 Å². The molecule has 1 heterocycles. The zero-order valence-electron chi connectivity index (χ0n) is 21.7. The van der Waals surface area contributed by atoms with Crippen molar-refractivity contribution < 1.29 is 27.6 Å². The first-order valence-electron chi connectivity index (χ1n) is 12.9. The van der Waals surface area contributed by atoms with E-state index >= 15 is 4.39 Å². The van der Waals surface area contributed by atoms with Gasteiger partial charge in [0.15, 0.2) is 0 Å². The Morgan fingerprint density at radius 1 is 1.14 bits per heavy atom. The Bertz CT molecular complexity index is 974. The zero-order chi connectivity index (χ0) is 27.3. The van der Waals surface area contributed by atoms with Crippen molar-refractivity contribution in [3.8, 4) is 0 Å². The molecule has 3 rings (SSSR count). The third-order valence-electron chi connectivity index (χ3n) is 7.57. The van der Waals surface area contributed by atoms with Crippen LogP contribution in [0.4, 0.5) is 18.9 Å². The van der Waals surface area contributed by atoms with Gasteiger partial charge in [-0.2, -0.15) is 0 Å². The van der Waals surface area contributed by atoms with Crippen LogP contribution in [-0.4, -0.2) is 78.8 Å². The van der Waals surface area contributed by atoms with Crippen molar-refractivity contribution in [2.24, 2.45) is 11.7 Å². The van der Waals surface area contributed by atoms with Crippen LogP contribution in [0, 0.1) is 11.7 Å². The fourth-order valence-corrected chi connectivity index (χ4v) is 4.86. The van der Waals surface area contributed by atoms with E-state index in [0.717, 1.165) is 13.1 Å². The number of rotatable bonds is 8. The summed E-state index contributed by atoms with van der Waals surface area (Å²) in [5.41, 5.74) is 6.40. The number of halogens is 3. The molecule has 11 heteroatoms. The van der Waals surface area contributed by atoms with Gasteiger partial charge in [0.2, 0.25) is 23.6 Å². The van der Waals surface area contributed by atoms with E-state index in [-0.39, 0.29) is 49.6 Å². The maximum absolute atomic E-state index is 15.0. The van der Waals surface area contributed by atoms with Gasteiger partial charge in [0.1, 0.15) is 11.9 Å². The van der Waals surface area contributed by atoms with Crippen molar-refractivity contribution in [3.63, 3.8) is 0 Å². The van der Waals surface area contributed by atoms with E-state index in [1.54, 1.807) is 24.8 Å². The summed E-state index contributed by atoms with van der Waals surface area (Å²) in [7, 11) is 1.98. The molecule has 1 aliphatic carbocycles. The number of nitrogens with zero attached hydrogens (tertiary/aromatic N) is 2. The second-order valence-corrected chi connectivity index (χ2v) is 10.3. The Labute approximate surface area is 216 Å². The summed E-state index contributed by atoms with van der Waals surface area (Å²) in [6, 6.07) is 2.32. The molecular weight excluding hydrogens is 487 g/mol. The Morgan fingerprint density at radius 3 is 2.32 bits per heavy atom. The molecule has 3 atom stereocenters. The van der Waals surface area contributed by atoms with Crippen LogP contribution in [0.2, 0.25) is 0 Å². The Hall–Kier alpha value is -2.66. The number of amides is 3. The zero-order valence-corrected chi connectivity index (χ0v) is 21.7. The Balaban J connectivity index is 1.70. The molecule has 0 aromatic heterocycles. The van der Waals surface area contributed by atoms with Crippen LogP contribution in [0.3, 0.4) is 0 Å². The molecule has 1 saturated heterocycles. The largest absolute Gasteiger partial charge is 0.344 e. The van der Waals surface area contributed by atoms with Gasteiger partial charge in [-0.1, -0.05) is 19.9 Å². The van der Waals surface area contributed by atoms with Crippen LogP contribution in [0.1, 0.15) is 57.4 Å². The summed E-state index contributed by atoms with van der Waals surface area (Å²) in [6.07, 6.45) is -0.165. The number of anilines is 1. The highest BCUT2D eigenvalue weighted by Gasteiger charge is 2.39. The lowest BCUT2D eigenvalue weighted by Crippen LogP contribution is -2.55. The van der Waals surface area contributed by atoms with Gasteiger partial charge in [0.05, 0.1) is 11.7 Å². The van der Waals surface area contributed by atoms with Crippen molar-refractivity contribution in [2.45, 2.75) is 69.9 Å². The number of hydrogen-bond donors (Lipinski definition) is 3. The smallest absolute Gasteiger partial charge is 0.248 e. The highest BCUT2D eigenvalue weighted by atomic mass is 19.3. The first-order valence-corrected chi connectivity index (χ1v) is 12.9. The third kappa shape index (κ3) is 7.44. The lowest BCUT2D eigenvalue weighted by Gasteiger charge is -2.36. The monoisotopic (exact) mass is 525 g/mol. The number of nitrogens with two attached hydrogens (primary N) is 1. The number of alkyl halides is 2. The normalized spacial score (nSPS) is 21.1. The molecule has 3 amide bonds. The lowest BCUT2D eigenvalue weighted by molar-refractivity contribution is -0.138. The summed E-state index contributed by atoms with van der Waals surface area (Å²) in [6.45, 7) is 5.97. The molecule has 2 aliphatic rings. The van der Waals surface area contributed by atoms with Gasteiger partial charge in [0.25, 0.3) is 0 Å². The van der Waals surface area contributed by atoms with E-state index in [0.29, 0.717) is 18.7 Å². The van der Waals surface area contributed by atoms with Crippen LogP contribution < -0.4 is 16.4 Å². The quantitative estimate of drug-likeness (QED) is 0.484. The summed E-state index contributed by atoms with van der Waals surface area (Å²) >= 11 is 0. The maximum Gasteiger partial charge on any atom is 0.248 e. The summed E-state index contributed by atoms with van der Waals surface area (Å²) < 4.78 is 41.9. The van der Waals surface area contributed by atoms with E-state index in [1.165, 1.54) is 12.1 Å². The van der Waals surface area contributed by atoms with E-state index in [2.05, 4.69) is 15.5 Å². The molecule has 4 N–H and O–H groups in total. The van der Waals surface area contributed by atoms with Gasteiger partial charge in [-0.25, -0.2) is 13.2 Å². The van der Waals surface area contributed by atoms with Crippen molar-refractivity contribution >= 4 is 23.4 Å². The van der Waals surface area contributed by atoms with E-state index in [4.69, 9.17) is 5.73 Å². The van der Waals surface area contributed by atoms with E-state index in [9.17, 15) is 23.2 Å². The van der Waals surface area contributed by atoms with E-state index < -0.39 is 41.6 Å². The minimum absolute atomic E-state index is 0.0860. The number of piperazine rings is 1. The molecule has 0 bridgehead atoms. The number of nitrogens with one attached hydrogen (secondary N) is 2. The Morgan fingerprint density at radius 2 is 1.76 bits per heavy atom. The molecular formula is C26H38F3N5O3. The number of hydrogen-bond acceptors (Lipinski definition) is 5. The van der Waals surface area contributed by atoms with Crippen LogP contribution in [0.15, 0.2) is 18.2 Å². The molecule has 206 valence electrons. The SMILES string of the molecule is CCC(=O)NC(C(=O)N1CCN(C)CC1)C(C)c1ccc(NC(=O)C(N)C2CCC(F)(F)CC2)c(F)c1. The average Bonchev–Trinajstić information content (AvgIpc) is 2.87. The highest BCUT2D eigenvalue weighted by molar-refractivity contribution is 5.95. The molecule has 8 nitrogen and oxygen atoms in total. The van der Waals surface area contributed by atoms with Crippen LogP contribution in [-0.2, 0) is 14.4 Å². The number of carbonyl (C=O) groups excluding carboxylic acids is 3. The average molecular weight is 526 g/mol. The third-order valence-corrected chi connectivity index (χ3v) is 7.57. The van der Waals surface area contributed by atoms with Crippen LogP contribution in [0.25, 0.3) is 0 Å². The minimum atomic E-state index is -2.73.